The summed E-state index contributed by atoms with van der Waals surface area (Å²) in [6, 6.07) is 2.26. The molecule has 0 spiro atoms. The molecule has 0 amide bonds. The zero-order valence-corrected chi connectivity index (χ0v) is 12.2. The first kappa shape index (κ1) is 15.2. The van der Waals surface area contributed by atoms with Crippen LogP contribution in [0.5, 0.6) is 0 Å². The van der Waals surface area contributed by atoms with E-state index in [1.165, 1.54) is 12.8 Å². The molecule has 1 saturated carbocycles. The number of ether oxygens (including phenoxy) is 1. The summed E-state index contributed by atoms with van der Waals surface area (Å²) >= 11 is 0. The standard InChI is InChI=1S/C13H19FN2O3S/c1-9-6-11(14)13(7-12(9)15)20(17,18)16-4-5-19-8-10-2-3-10/h6-7,10,16H,2-5,8,15H2,1H3. The van der Waals surface area contributed by atoms with E-state index in [1.54, 1.807) is 6.92 Å². The minimum absolute atomic E-state index is 0.113. The first-order valence-corrected chi connectivity index (χ1v) is 8.01. The van der Waals surface area contributed by atoms with E-state index < -0.39 is 20.7 Å². The highest BCUT2D eigenvalue weighted by molar-refractivity contribution is 7.89. The maximum Gasteiger partial charge on any atom is 0.243 e. The second-order valence-corrected chi connectivity index (χ2v) is 6.79. The smallest absolute Gasteiger partial charge is 0.243 e. The van der Waals surface area contributed by atoms with Crippen molar-refractivity contribution < 1.29 is 17.5 Å². The zero-order valence-electron chi connectivity index (χ0n) is 11.4. The van der Waals surface area contributed by atoms with Crippen LogP contribution in [0.2, 0.25) is 0 Å². The number of hydrogen-bond acceptors (Lipinski definition) is 4. The van der Waals surface area contributed by atoms with E-state index in [-0.39, 0.29) is 18.8 Å². The summed E-state index contributed by atoms with van der Waals surface area (Å²) < 4.78 is 45.3. The predicted molar refractivity (Wildman–Crippen MR) is 74.3 cm³/mol. The molecule has 1 aliphatic carbocycles. The molecule has 1 aliphatic rings. The largest absolute Gasteiger partial charge is 0.398 e. The summed E-state index contributed by atoms with van der Waals surface area (Å²) in [7, 11) is -3.90. The van der Waals surface area contributed by atoms with Gasteiger partial charge in [-0.05, 0) is 43.4 Å². The number of rotatable bonds is 7. The summed E-state index contributed by atoms with van der Waals surface area (Å²) in [5, 5.41) is 0. The lowest BCUT2D eigenvalue weighted by molar-refractivity contribution is 0.129. The van der Waals surface area contributed by atoms with E-state index in [9.17, 15) is 12.8 Å². The molecule has 0 unspecified atom stereocenters. The quantitative estimate of drug-likeness (QED) is 0.589. The van der Waals surface area contributed by atoms with Crippen LogP contribution >= 0.6 is 0 Å². The van der Waals surface area contributed by atoms with Crippen LogP contribution in [0.1, 0.15) is 18.4 Å². The first-order valence-electron chi connectivity index (χ1n) is 6.53. The molecule has 0 saturated heterocycles. The van der Waals surface area contributed by atoms with Crippen LogP contribution in [0.4, 0.5) is 10.1 Å². The number of halogens is 1. The third kappa shape index (κ3) is 3.91. The monoisotopic (exact) mass is 302 g/mol. The Hall–Kier alpha value is -1.18. The van der Waals surface area contributed by atoms with Gasteiger partial charge in [0.15, 0.2) is 0 Å². The molecule has 1 fully saturated rings. The van der Waals surface area contributed by atoms with Crippen LogP contribution in [-0.4, -0.2) is 28.2 Å². The van der Waals surface area contributed by atoms with Crippen LogP contribution < -0.4 is 10.5 Å². The number of anilines is 1. The lowest BCUT2D eigenvalue weighted by atomic mass is 10.2. The summed E-state index contributed by atoms with van der Waals surface area (Å²) in [6.45, 7) is 2.67. The topological polar surface area (TPSA) is 81.4 Å². The van der Waals surface area contributed by atoms with Crippen LogP contribution in [-0.2, 0) is 14.8 Å². The van der Waals surface area contributed by atoms with E-state index in [0.717, 1.165) is 12.1 Å². The van der Waals surface area contributed by atoms with Crippen molar-refractivity contribution in [2.75, 3.05) is 25.5 Å². The molecule has 20 heavy (non-hydrogen) atoms. The Morgan fingerprint density at radius 1 is 1.45 bits per heavy atom. The molecule has 0 aliphatic heterocycles. The molecular weight excluding hydrogens is 283 g/mol. The Morgan fingerprint density at radius 2 is 2.15 bits per heavy atom. The summed E-state index contributed by atoms with van der Waals surface area (Å²) in [4.78, 5) is -0.428. The Balaban J connectivity index is 1.93. The number of aryl methyl sites for hydroxylation is 1. The molecule has 0 bridgehead atoms. The van der Waals surface area contributed by atoms with Gasteiger partial charge in [0, 0.05) is 18.8 Å². The lowest BCUT2D eigenvalue weighted by Gasteiger charge is -2.10. The number of nitrogen functional groups attached to an aromatic ring is 1. The Bertz CT molecular complexity index is 586. The summed E-state index contributed by atoms with van der Waals surface area (Å²) in [5.41, 5.74) is 6.37. The molecule has 7 heteroatoms. The van der Waals surface area contributed by atoms with E-state index in [2.05, 4.69) is 4.72 Å². The van der Waals surface area contributed by atoms with Crippen molar-refractivity contribution in [1.29, 1.82) is 0 Å². The fourth-order valence-electron chi connectivity index (χ4n) is 1.73. The Labute approximate surface area is 118 Å². The lowest BCUT2D eigenvalue weighted by Crippen LogP contribution is -2.28. The molecule has 5 nitrogen and oxygen atoms in total. The van der Waals surface area contributed by atoms with Gasteiger partial charge in [0.2, 0.25) is 10.0 Å². The molecule has 1 aromatic rings. The summed E-state index contributed by atoms with van der Waals surface area (Å²) in [6.07, 6.45) is 2.36. The maximum atomic E-state index is 13.7. The van der Waals surface area contributed by atoms with Gasteiger partial charge in [0.25, 0.3) is 0 Å². The van der Waals surface area contributed by atoms with Crippen molar-refractivity contribution in [3.05, 3.63) is 23.5 Å². The number of nitrogens with one attached hydrogen (secondary N) is 1. The number of benzene rings is 1. The molecule has 2 rings (SSSR count). The second-order valence-electron chi connectivity index (χ2n) is 5.06. The maximum absolute atomic E-state index is 13.7. The Kier molecular flexibility index (Phi) is 4.62. The minimum Gasteiger partial charge on any atom is -0.398 e. The Morgan fingerprint density at radius 3 is 2.80 bits per heavy atom. The molecule has 0 heterocycles. The van der Waals surface area contributed by atoms with E-state index in [1.807, 2.05) is 0 Å². The average Bonchev–Trinajstić information content (AvgIpc) is 3.17. The van der Waals surface area contributed by atoms with Gasteiger partial charge in [0.05, 0.1) is 6.61 Å². The van der Waals surface area contributed by atoms with Gasteiger partial charge < -0.3 is 10.5 Å². The van der Waals surface area contributed by atoms with Crippen LogP contribution in [0.3, 0.4) is 0 Å². The highest BCUT2D eigenvalue weighted by Gasteiger charge is 2.22. The van der Waals surface area contributed by atoms with Gasteiger partial charge in [-0.15, -0.1) is 0 Å². The third-order valence-corrected chi connectivity index (χ3v) is 4.68. The second kappa shape index (κ2) is 6.07. The zero-order chi connectivity index (χ0) is 14.8. The molecular formula is C13H19FN2O3S. The van der Waals surface area contributed by atoms with Crippen molar-refractivity contribution in [3.63, 3.8) is 0 Å². The minimum atomic E-state index is -3.90. The number of hydrogen-bond donors (Lipinski definition) is 2. The first-order chi connectivity index (χ1) is 9.40. The fourth-order valence-corrected chi connectivity index (χ4v) is 2.84. The predicted octanol–water partition coefficient (Wildman–Crippen LogP) is 1.42. The van der Waals surface area contributed by atoms with Crippen molar-refractivity contribution >= 4 is 15.7 Å². The summed E-state index contributed by atoms with van der Waals surface area (Å²) in [5.74, 6) is -0.177. The van der Waals surface area contributed by atoms with E-state index >= 15 is 0 Å². The third-order valence-electron chi connectivity index (χ3n) is 3.20. The molecule has 0 radical (unpaired) electrons. The number of nitrogens with two attached hydrogens (primary N) is 1. The number of sulfonamides is 1. The van der Waals surface area contributed by atoms with Gasteiger partial charge in [-0.1, -0.05) is 0 Å². The van der Waals surface area contributed by atoms with Crippen molar-refractivity contribution in [1.82, 2.24) is 4.72 Å². The van der Waals surface area contributed by atoms with Crippen LogP contribution in [0, 0.1) is 18.7 Å². The normalized spacial score (nSPS) is 15.5. The van der Waals surface area contributed by atoms with Gasteiger partial charge in [-0.2, -0.15) is 0 Å². The van der Waals surface area contributed by atoms with Crippen molar-refractivity contribution in [2.24, 2.45) is 5.92 Å². The molecule has 112 valence electrons. The average molecular weight is 302 g/mol. The van der Waals surface area contributed by atoms with E-state index in [4.69, 9.17) is 10.5 Å². The van der Waals surface area contributed by atoms with Gasteiger partial charge >= 0.3 is 0 Å². The molecule has 1 aromatic carbocycles. The van der Waals surface area contributed by atoms with Crippen LogP contribution in [0.25, 0.3) is 0 Å². The van der Waals surface area contributed by atoms with Crippen molar-refractivity contribution in [2.45, 2.75) is 24.7 Å². The van der Waals surface area contributed by atoms with Gasteiger partial charge in [0.1, 0.15) is 10.7 Å². The van der Waals surface area contributed by atoms with Crippen molar-refractivity contribution in [3.8, 4) is 0 Å². The van der Waals surface area contributed by atoms with Crippen LogP contribution in [0.15, 0.2) is 17.0 Å². The SMILES string of the molecule is Cc1cc(F)c(S(=O)(=O)NCCOCC2CC2)cc1N. The molecule has 3 N–H and O–H groups in total. The highest BCUT2D eigenvalue weighted by atomic mass is 32.2. The van der Waals surface area contributed by atoms with E-state index in [0.29, 0.717) is 18.1 Å². The molecule has 0 aromatic heterocycles. The van der Waals surface area contributed by atoms with Gasteiger partial charge in [-0.3, -0.25) is 0 Å². The fraction of sp³-hybridized carbons (Fsp3) is 0.538. The highest BCUT2D eigenvalue weighted by Crippen LogP contribution is 2.28. The van der Waals surface area contributed by atoms with Gasteiger partial charge in [-0.25, -0.2) is 17.5 Å². The molecule has 0 atom stereocenters.